The van der Waals surface area contributed by atoms with Crippen molar-refractivity contribution in [1.29, 1.82) is 0 Å². The number of nitrogens with one attached hydrogen (secondary N) is 1. The largest absolute Gasteiger partial charge is 0.387 e. The van der Waals surface area contributed by atoms with E-state index in [1.165, 1.54) is 18.9 Å². The lowest BCUT2D eigenvalue weighted by Gasteiger charge is -2.24. The van der Waals surface area contributed by atoms with Crippen molar-refractivity contribution in [2.24, 2.45) is 10.9 Å². The maximum Gasteiger partial charge on any atom is 0.130 e. The van der Waals surface area contributed by atoms with Gasteiger partial charge in [-0.15, -0.1) is 0 Å². The van der Waals surface area contributed by atoms with E-state index in [-0.39, 0.29) is 5.83 Å². The lowest BCUT2D eigenvalue weighted by molar-refractivity contribution is 0.658. The van der Waals surface area contributed by atoms with Crippen molar-refractivity contribution in [2.45, 2.75) is 12.8 Å². The second-order valence-electron chi connectivity index (χ2n) is 5.72. The average molecular weight is 312 g/mol. The van der Waals surface area contributed by atoms with Crippen LogP contribution in [0.2, 0.25) is 0 Å². The predicted molar refractivity (Wildman–Crippen MR) is 94.9 cm³/mol. The minimum Gasteiger partial charge on any atom is -0.387 e. The highest BCUT2D eigenvalue weighted by Crippen LogP contribution is 2.33. The molecule has 2 heterocycles. The van der Waals surface area contributed by atoms with Crippen LogP contribution in [0.15, 0.2) is 41.9 Å². The number of dihydropyridines is 1. The van der Waals surface area contributed by atoms with Crippen LogP contribution in [0.5, 0.6) is 0 Å². The Morgan fingerprint density at radius 1 is 1.30 bits per heavy atom. The van der Waals surface area contributed by atoms with E-state index >= 15 is 0 Å². The molecule has 0 spiro atoms. The van der Waals surface area contributed by atoms with Gasteiger partial charge in [-0.05, 0) is 42.8 Å². The molecule has 0 aliphatic carbocycles. The first kappa shape index (κ1) is 15.3. The van der Waals surface area contributed by atoms with E-state index < -0.39 is 0 Å². The molecule has 2 aliphatic rings. The molecule has 0 radical (unpaired) electrons. The molecule has 0 bridgehead atoms. The molecular formula is C18H21FN4. The topological polar surface area (TPSA) is 53.6 Å². The van der Waals surface area contributed by atoms with Crippen LogP contribution < -0.4 is 16.1 Å². The van der Waals surface area contributed by atoms with Gasteiger partial charge in [0.1, 0.15) is 5.83 Å². The summed E-state index contributed by atoms with van der Waals surface area (Å²) in [5.41, 5.74) is 4.42. The quantitative estimate of drug-likeness (QED) is 0.510. The van der Waals surface area contributed by atoms with Crippen molar-refractivity contribution in [3.8, 4) is 0 Å². The number of benzene rings is 1. The molecule has 3 rings (SSSR count). The highest BCUT2D eigenvalue weighted by Gasteiger charge is 2.20. The van der Waals surface area contributed by atoms with Crippen LogP contribution in [0, 0.1) is 0 Å². The Balaban J connectivity index is 2.17. The molecule has 0 aromatic heterocycles. The van der Waals surface area contributed by atoms with Crippen LogP contribution in [0.25, 0.3) is 11.6 Å². The summed E-state index contributed by atoms with van der Waals surface area (Å²) in [6.07, 6.45) is 8.83. The van der Waals surface area contributed by atoms with E-state index in [9.17, 15) is 4.39 Å². The monoisotopic (exact) mass is 312 g/mol. The first-order valence-electron chi connectivity index (χ1n) is 7.82. The zero-order valence-corrected chi connectivity index (χ0v) is 13.1. The lowest BCUT2D eigenvalue weighted by Crippen LogP contribution is -2.20. The Hall–Kier alpha value is -2.56. The molecule has 0 amide bonds. The van der Waals surface area contributed by atoms with Gasteiger partial charge in [0.2, 0.25) is 0 Å². The number of anilines is 1. The van der Waals surface area contributed by atoms with E-state index in [0.29, 0.717) is 12.1 Å². The van der Waals surface area contributed by atoms with Crippen molar-refractivity contribution in [1.82, 2.24) is 5.32 Å². The SMILES string of the molecule is C=Cc1c(/C=N\N)cc(C2=C(F)C=CNC2)cc1N1CCCC1. The van der Waals surface area contributed by atoms with Crippen LogP contribution in [0.1, 0.15) is 29.5 Å². The fraction of sp³-hybridized carbons (Fsp3) is 0.278. The van der Waals surface area contributed by atoms with Crippen LogP contribution in [0.4, 0.5) is 10.1 Å². The van der Waals surface area contributed by atoms with Gasteiger partial charge >= 0.3 is 0 Å². The van der Waals surface area contributed by atoms with Crippen LogP contribution in [-0.4, -0.2) is 25.8 Å². The molecule has 0 unspecified atom stereocenters. The minimum atomic E-state index is -0.210. The Labute approximate surface area is 135 Å². The number of allylic oxidation sites excluding steroid dienone is 2. The number of nitrogens with two attached hydrogens (primary N) is 1. The summed E-state index contributed by atoms with van der Waals surface area (Å²) in [6, 6.07) is 3.97. The van der Waals surface area contributed by atoms with Crippen LogP contribution in [0.3, 0.4) is 0 Å². The summed E-state index contributed by atoms with van der Waals surface area (Å²) in [5.74, 6) is 5.15. The maximum absolute atomic E-state index is 14.2. The molecule has 0 saturated carbocycles. The third kappa shape index (κ3) is 2.99. The summed E-state index contributed by atoms with van der Waals surface area (Å²) in [5, 5.41) is 6.72. The zero-order chi connectivity index (χ0) is 16.2. The fourth-order valence-corrected chi connectivity index (χ4v) is 3.18. The number of rotatable bonds is 4. The van der Waals surface area contributed by atoms with Gasteiger partial charge in [-0.3, -0.25) is 0 Å². The summed E-state index contributed by atoms with van der Waals surface area (Å²) < 4.78 is 14.2. The lowest BCUT2D eigenvalue weighted by atomic mass is 9.95. The normalized spacial score (nSPS) is 17.9. The Bertz CT molecular complexity index is 697. The molecular weight excluding hydrogens is 291 g/mol. The van der Waals surface area contributed by atoms with Gasteiger partial charge in [0.05, 0.1) is 6.21 Å². The van der Waals surface area contributed by atoms with E-state index in [4.69, 9.17) is 5.84 Å². The third-order valence-electron chi connectivity index (χ3n) is 4.32. The average Bonchev–Trinajstić information content (AvgIpc) is 3.09. The molecule has 1 saturated heterocycles. The summed E-state index contributed by atoms with van der Waals surface area (Å²) in [4.78, 5) is 2.32. The Kier molecular flexibility index (Phi) is 4.46. The Morgan fingerprint density at radius 2 is 2.09 bits per heavy atom. The van der Waals surface area contributed by atoms with Crippen molar-refractivity contribution in [3.63, 3.8) is 0 Å². The second-order valence-corrected chi connectivity index (χ2v) is 5.72. The van der Waals surface area contributed by atoms with Gasteiger partial charge in [-0.2, -0.15) is 5.10 Å². The number of hydrogen-bond acceptors (Lipinski definition) is 4. The highest BCUT2D eigenvalue weighted by molar-refractivity contribution is 5.92. The van der Waals surface area contributed by atoms with Gasteiger partial charge < -0.3 is 16.1 Å². The number of hydrogen-bond donors (Lipinski definition) is 2. The fourth-order valence-electron chi connectivity index (χ4n) is 3.18. The van der Waals surface area contributed by atoms with Crippen molar-refractivity contribution in [2.75, 3.05) is 24.5 Å². The van der Waals surface area contributed by atoms with Crippen molar-refractivity contribution >= 4 is 23.6 Å². The summed E-state index contributed by atoms with van der Waals surface area (Å²) in [7, 11) is 0. The van der Waals surface area contributed by atoms with Crippen LogP contribution in [-0.2, 0) is 0 Å². The number of nitrogens with zero attached hydrogens (tertiary/aromatic N) is 2. The van der Waals surface area contributed by atoms with E-state index in [1.54, 1.807) is 12.4 Å². The van der Waals surface area contributed by atoms with Crippen LogP contribution >= 0.6 is 0 Å². The molecule has 1 aromatic carbocycles. The number of halogens is 1. The van der Waals surface area contributed by atoms with E-state index in [1.807, 2.05) is 18.2 Å². The molecule has 0 atom stereocenters. The molecule has 3 N–H and O–H groups in total. The Morgan fingerprint density at radius 3 is 2.74 bits per heavy atom. The van der Waals surface area contributed by atoms with Gasteiger partial charge in [-0.1, -0.05) is 12.7 Å². The maximum atomic E-state index is 14.2. The zero-order valence-electron chi connectivity index (χ0n) is 13.1. The summed E-state index contributed by atoms with van der Waals surface area (Å²) in [6.45, 7) is 6.40. The molecule has 1 aromatic rings. The van der Waals surface area contributed by atoms with Crippen molar-refractivity contribution in [3.05, 3.63) is 53.5 Å². The standard InChI is InChI=1S/C18H21FN4/c1-2-15-14(11-22-20)9-13(16-12-21-6-5-17(16)19)10-18(15)23-7-3-4-8-23/h2,5-6,9-11,21H,1,3-4,7-8,12,20H2/b22-11-. The number of hydrazone groups is 1. The second kappa shape index (κ2) is 6.69. The van der Waals surface area contributed by atoms with E-state index in [2.05, 4.69) is 21.9 Å². The van der Waals surface area contributed by atoms with E-state index in [0.717, 1.165) is 35.5 Å². The van der Waals surface area contributed by atoms with Gasteiger partial charge in [-0.25, -0.2) is 4.39 Å². The molecule has 2 aliphatic heterocycles. The van der Waals surface area contributed by atoms with Gasteiger partial charge in [0.15, 0.2) is 0 Å². The first-order valence-corrected chi connectivity index (χ1v) is 7.82. The highest BCUT2D eigenvalue weighted by atomic mass is 19.1. The third-order valence-corrected chi connectivity index (χ3v) is 4.32. The molecule has 23 heavy (non-hydrogen) atoms. The first-order chi connectivity index (χ1) is 11.2. The van der Waals surface area contributed by atoms with Gasteiger partial charge in [0.25, 0.3) is 0 Å². The molecule has 1 fully saturated rings. The summed E-state index contributed by atoms with van der Waals surface area (Å²) >= 11 is 0. The van der Waals surface area contributed by atoms with Gasteiger partial charge in [0, 0.05) is 42.0 Å². The smallest absolute Gasteiger partial charge is 0.130 e. The molecule has 5 heteroatoms. The minimum absolute atomic E-state index is 0.210. The molecule has 120 valence electrons. The predicted octanol–water partition coefficient (Wildman–Crippen LogP) is 3.02. The molecule has 4 nitrogen and oxygen atoms in total. The van der Waals surface area contributed by atoms with Crippen molar-refractivity contribution < 1.29 is 4.39 Å².